The summed E-state index contributed by atoms with van der Waals surface area (Å²) < 4.78 is 0.867. The molecule has 0 bridgehead atoms. The van der Waals surface area contributed by atoms with Gasteiger partial charge in [-0.1, -0.05) is 18.5 Å². The Labute approximate surface area is 94.7 Å². The molecule has 0 unspecified atom stereocenters. The molecular formula is C10H17ClN2S. The Morgan fingerprint density at radius 1 is 1.21 bits per heavy atom. The van der Waals surface area contributed by atoms with Crippen molar-refractivity contribution in [3.05, 3.63) is 21.3 Å². The predicted octanol–water partition coefficient (Wildman–Crippen LogP) is 2.49. The van der Waals surface area contributed by atoms with Gasteiger partial charge < -0.3 is 10.6 Å². The first-order chi connectivity index (χ1) is 6.83. The van der Waals surface area contributed by atoms with Gasteiger partial charge in [-0.05, 0) is 25.1 Å². The summed E-state index contributed by atoms with van der Waals surface area (Å²) in [6.45, 7) is 6.24. The third-order valence-corrected chi connectivity index (χ3v) is 3.06. The molecule has 80 valence electrons. The maximum Gasteiger partial charge on any atom is 0.0931 e. The van der Waals surface area contributed by atoms with Crippen LogP contribution in [0.3, 0.4) is 0 Å². The quantitative estimate of drug-likeness (QED) is 0.706. The zero-order valence-corrected chi connectivity index (χ0v) is 10.0. The second kappa shape index (κ2) is 7.23. The average Bonchev–Trinajstić information content (AvgIpc) is 2.58. The molecule has 1 aromatic rings. The molecule has 2 nitrogen and oxygen atoms in total. The Morgan fingerprint density at radius 2 is 2.00 bits per heavy atom. The van der Waals surface area contributed by atoms with Crippen LogP contribution in [0.2, 0.25) is 4.34 Å². The van der Waals surface area contributed by atoms with Crippen LogP contribution in [-0.4, -0.2) is 19.6 Å². The van der Waals surface area contributed by atoms with Gasteiger partial charge in [0.1, 0.15) is 0 Å². The molecule has 0 saturated heterocycles. The molecule has 4 heteroatoms. The van der Waals surface area contributed by atoms with Crippen molar-refractivity contribution >= 4 is 22.9 Å². The van der Waals surface area contributed by atoms with Crippen LogP contribution in [0.25, 0.3) is 0 Å². The molecule has 0 saturated carbocycles. The topological polar surface area (TPSA) is 24.1 Å². The third kappa shape index (κ3) is 4.96. The van der Waals surface area contributed by atoms with Gasteiger partial charge in [-0.3, -0.25) is 0 Å². The highest BCUT2D eigenvalue weighted by atomic mass is 35.5. The van der Waals surface area contributed by atoms with Gasteiger partial charge in [0.25, 0.3) is 0 Å². The number of hydrogen-bond donors (Lipinski definition) is 2. The zero-order chi connectivity index (χ0) is 10.2. The number of rotatable bonds is 7. The van der Waals surface area contributed by atoms with E-state index in [1.54, 1.807) is 11.3 Å². The van der Waals surface area contributed by atoms with E-state index in [2.05, 4.69) is 23.6 Å². The lowest BCUT2D eigenvalue weighted by Gasteiger charge is -2.03. The lowest BCUT2D eigenvalue weighted by Crippen LogP contribution is -2.27. The first kappa shape index (κ1) is 12.0. The SMILES string of the molecule is CCCNCCNCc1ccc(Cl)s1. The summed E-state index contributed by atoms with van der Waals surface area (Å²) in [7, 11) is 0. The molecule has 0 aliphatic rings. The third-order valence-electron chi connectivity index (χ3n) is 1.83. The number of hydrogen-bond acceptors (Lipinski definition) is 3. The Kier molecular flexibility index (Phi) is 6.19. The summed E-state index contributed by atoms with van der Waals surface area (Å²) in [5, 5.41) is 6.70. The lowest BCUT2D eigenvalue weighted by molar-refractivity contribution is 0.609. The molecule has 0 aliphatic heterocycles. The van der Waals surface area contributed by atoms with Crippen molar-refractivity contribution in [2.24, 2.45) is 0 Å². The van der Waals surface area contributed by atoms with Crippen molar-refractivity contribution in [1.29, 1.82) is 0 Å². The smallest absolute Gasteiger partial charge is 0.0931 e. The van der Waals surface area contributed by atoms with Gasteiger partial charge in [0.05, 0.1) is 4.34 Å². The molecule has 0 fully saturated rings. The van der Waals surface area contributed by atoms with Crippen molar-refractivity contribution in [2.75, 3.05) is 19.6 Å². The fourth-order valence-electron chi connectivity index (χ4n) is 1.14. The highest BCUT2D eigenvalue weighted by Gasteiger charge is 1.96. The second-order valence-electron chi connectivity index (χ2n) is 3.13. The molecule has 1 rings (SSSR count). The monoisotopic (exact) mass is 232 g/mol. The molecular weight excluding hydrogens is 216 g/mol. The van der Waals surface area contributed by atoms with Crippen LogP contribution < -0.4 is 10.6 Å². The van der Waals surface area contributed by atoms with Gasteiger partial charge in [0.2, 0.25) is 0 Å². The Bertz CT molecular complexity index is 250. The van der Waals surface area contributed by atoms with Crippen LogP contribution in [0, 0.1) is 0 Å². The summed E-state index contributed by atoms with van der Waals surface area (Å²) >= 11 is 7.46. The number of halogens is 1. The van der Waals surface area contributed by atoms with E-state index in [0.717, 1.165) is 30.5 Å². The molecule has 0 aromatic carbocycles. The predicted molar refractivity (Wildman–Crippen MR) is 64.2 cm³/mol. The molecule has 1 aromatic heterocycles. The van der Waals surface area contributed by atoms with E-state index in [1.165, 1.54) is 11.3 Å². The van der Waals surface area contributed by atoms with E-state index < -0.39 is 0 Å². The Hall–Kier alpha value is -0.0900. The van der Waals surface area contributed by atoms with E-state index in [9.17, 15) is 0 Å². The number of thiophene rings is 1. The summed E-state index contributed by atoms with van der Waals surface area (Å²) in [5.74, 6) is 0. The minimum absolute atomic E-state index is 0.867. The van der Waals surface area contributed by atoms with E-state index in [0.29, 0.717) is 0 Å². The molecule has 0 atom stereocenters. The zero-order valence-electron chi connectivity index (χ0n) is 8.48. The average molecular weight is 233 g/mol. The van der Waals surface area contributed by atoms with E-state index in [4.69, 9.17) is 11.6 Å². The van der Waals surface area contributed by atoms with Crippen LogP contribution in [0.4, 0.5) is 0 Å². The van der Waals surface area contributed by atoms with Gasteiger partial charge in [0, 0.05) is 24.5 Å². The van der Waals surface area contributed by atoms with Gasteiger partial charge in [-0.15, -0.1) is 11.3 Å². The van der Waals surface area contributed by atoms with Crippen molar-refractivity contribution in [2.45, 2.75) is 19.9 Å². The van der Waals surface area contributed by atoms with E-state index in [1.807, 2.05) is 6.07 Å². The Morgan fingerprint density at radius 3 is 2.64 bits per heavy atom. The molecule has 0 spiro atoms. The number of nitrogens with one attached hydrogen (secondary N) is 2. The molecule has 0 aliphatic carbocycles. The first-order valence-corrected chi connectivity index (χ1v) is 6.18. The summed E-state index contributed by atoms with van der Waals surface area (Å²) in [6.07, 6.45) is 1.19. The summed E-state index contributed by atoms with van der Waals surface area (Å²) in [4.78, 5) is 1.30. The van der Waals surface area contributed by atoms with Gasteiger partial charge in [-0.25, -0.2) is 0 Å². The molecule has 1 heterocycles. The minimum atomic E-state index is 0.867. The van der Waals surface area contributed by atoms with Gasteiger partial charge in [0.15, 0.2) is 0 Å². The minimum Gasteiger partial charge on any atom is -0.315 e. The Balaban J connectivity index is 1.99. The highest BCUT2D eigenvalue weighted by Crippen LogP contribution is 2.20. The largest absolute Gasteiger partial charge is 0.315 e. The summed E-state index contributed by atoms with van der Waals surface area (Å²) in [6, 6.07) is 4.01. The normalized spacial score (nSPS) is 10.7. The van der Waals surface area contributed by atoms with Crippen molar-refractivity contribution in [1.82, 2.24) is 10.6 Å². The van der Waals surface area contributed by atoms with Crippen molar-refractivity contribution in [3.8, 4) is 0 Å². The molecule has 14 heavy (non-hydrogen) atoms. The lowest BCUT2D eigenvalue weighted by atomic mass is 10.4. The fraction of sp³-hybridized carbons (Fsp3) is 0.600. The van der Waals surface area contributed by atoms with E-state index in [-0.39, 0.29) is 0 Å². The van der Waals surface area contributed by atoms with E-state index >= 15 is 0 Å². The summed E-state index contributed by atoms with van der Waals surface area (Å²) in [5.41, 5.74) is 0. The first-order valence-electron chi connectivity index (χ1n) is 4.98. The second-order valence-corrected chi connectivity index (χ2v) is 4.93. The molecule has 0 amide bonds. The molecule has 2 N–H and O–H groups in total. The van der Waals surface area contributed by atoms with Crippen LogP contribution in [-0.2, 0) is 6.54 Å². The maximum atomic E-state index is 5.82. The van der Waals surface area contributed by atoms with Crippen LogP contribution in [0.5, 0.6) is 0 Å². The van der Waals surface area contributed by atoms with Crippen LogP contribution in [0.1, 0.15) is 18.2 Å². The maximum absolute atomic E-state index is 5.82. The van der Waals surface area contributed by atoms with Gasteiger partial charge in [-0.2, -0.15) is 0 Å². The van der Waals surface area contributed by atoms with Crippen LogP contribution in [0.15, 0.2) is 12.1 Å². The van der Waals surface area contributed by atoms with Gasteiger partial charge >= 0.3 is 0 Å². The standard InChI is InChI=1S/C10H17ClN2S/c1-2-5-12-6-7-13-8-9-3-4-10(11)14-9/h3-4,12-13H,2,5-8H2,1H3. The van der Waals surface area contributed by atoms with Crippen molar-refractivity contribution in [3.63, 3.8) is 0 Å². The molecule has 0 radical (unpaired) electrons. The highest BCUT2D eigenvalue weighted by molar-refractivity contribution is 7.16. The fourth-order valence-corrected chi connectivity index (χ4v) is 2.19. The van der Waals surface area contributed by atoms with Crippen LogP contribution >= 0.6 is 22.9 Å². The van der Waals surface area contributed by atoms with Crippen molar-refractivity contribution < 1.29 is 0 Å².